The zero-order valence-corrected chi connectivity index (χ0v) is 18.5. The van der Waals surface area contributed by atoms with Crippen molar-refractivity contribution in [2.45, 2.75) is 11.4 Å². The molecule has 1 N–H and O–H groups in total. The molecule has 0 unspecified atom stereocenters. The van der Waals surface area contributed by atoms with Gasteiger partial charge in [0, 0.05) is 23.5 Å². The number of anilines is 2. The van der Waals surface area contributed by atoms with E-state index < -0.39 is 4.87 Å². The first-order chi connectivity index (χ1) is 15.6. The molecule has 3 aromatic carbocycles. The monoisotopic (exact) mass is 445 g/mol. The average molecular weight is 446 g/mol. The highest BCUT2D eigenvalue weighted by molar-refractivity contribution is 8.01. The maximum atomic E-state index is 14.0. The van der Waals surface area contributed by atoms with Crippen LogP contribution < -0.4 is 15.0 Å². The Morgan fingerprint density at radius 3 is 2.50 bits per heavy atom. The van der Waals surface area contributed by atoms with Crippen LogP contribution in [-0.2, 0) is 16.2 Å². The van der Waals surface area contributed by atoms with Crippen LogP contribution in [0, 0.1) is 0 Å². The zero-order valence-electron chi connectivity index (χ0n) is 17.7. The third-order valence-corrected chi connectivity index (χ3v) is 7.27. The van der Waals surface area contributed by atoms with Crippen LogP contribution in [0.3, 0.4) is 0 Å². The highest BCUT2D eigenvalue weighted by Crippen LogP contribution is 2.55. The lowest BCUT2D eigenvalue weighted by Gasteiger charge is -2.33. The van der Waals surface area contributed by atoms with E-state index in [1.54, 1.807) is 16.9 Å². The van der Waals surface area contributed by atoms with Crippen LogP contribution >= 0.6 is 11.8 Å². The standard InChI is InChI=1S/C25H23N3O3S/c1-31-20-12-13-22-21(16-20)25(23(29)27(22)17-18-8-4-2-5-9-18)28(14-15-32-25)24(30)26-19-10-6-3-7-11-19/h2-13,16H,14-15,17H2,1H3,(H,26,30)/t25-/m1/s1. The number of amides is 3. The lowest BCUT2D eigenvalue weighted by Crippen LogP contribution is -2.51. The molecule has 6 nitrogen and oxygen atoms in total. The van der Waals surface area contributed by atoms with E-state index in [-0.39, 0.29) is 11.9 Å². The summed E-state index contributed by atoms with van der Waals surface area (Å²) < 4.78 is 5.46. The molecule has 3 amide bonds. The number of carbonyl (C=O) groups is 2. The van der Waals surface area contributed by atoms with Crippen LogP contribution in [0.1, 0.15) is 11.1 Å². The molecular formula is C25H23N3O3S. The molecule has 2 aliphatic heterocycles. The second-order valence-corrected chi connectivity index (χ2v) is 8.99. The van der Waals surface area contributed by atoms with Crippen molar-refractivity contribution in [3.05, 3.63) is 90.0 Å². The fraction of sp³-hybridized carbons (Fsp3) is 0.200. The summed E-state index contributed by atoms with van der Waals surface area (Å²) in [4.78, 5) is 29.7. The number of hydrogen-bond donors (Lipinski definition) is 1. The van der Waals surface area contributed by atoms with Crippen molar-refractivity contribution < 1.29 is 14.3 Å². The molecule has 2 aliphatic rings. The van der Waals surface area contributed by atoms with Gasteiger partial charge in [-0.2, -0.15) is 0 Å². The Hall–Kier alpha value is -3.45. The molecule has 0 radical (unpaired) electrons. The van der Waals surface area contributed by atoms with Crippen molar-refractivity contribution >= 4 is 35.1 Å². The number of nitrogens with zero attached hydrogens (tertiary/aromatic N) is 2. The summed E-state index contributed by atoms with van der Waals surface area (Å²) in [5, 5.41) is 2.95. The Labute approximate surface area is 191 Å². The normalized spacial score (nSPS) is 19.3. The quantitative estimate of drug-likeness (QED) is 0.634. The van der Waals surface area contributed by atoms with Crippen LogP contribution in [0.15, 0.2) is 78.9 Å². The number of rotatable bonds is 4. The Morgan fingerprint density at radius 2 is 1.78 bits per heavy atom. The number of hydrogen-bond acceptors (Lipinski definition) is 4. The van der Waals surface area contributed by atoms with Gasteiger partial charge in [-0.25, -0.2) is 4.79 Å². The summed E-state index contributed by atoms with van der Waals surface area (Å²) in [5.41, 5.74) is 3.33. The number of ether oxygens (including phenoxy) is 1. The second kappa shape index (κ2) is 8.24. The summed E-state index contributed by atoms with van der Waals surface area (Å²) in [5.74, 6) is 1.23. The Balaban J connectivity index is 1.56. The lowest BCUT2D eigenvalue weighted by molar-refractivity contribution is -0.123. The van der Waals surface area contributed by atoms with E-state index in [2.05, 4.69) is 5.32 Å². The van der Waals surface area contributed by atoms with Crippen molar-refractivity contribution in [3.63, 3.8) is 0 Å². The second-order valence-electron chi connectivity index (χ2n) is 7.70. The molecule has 32 heavy (non-hydrogen) atoms. The van der Waals surface area contributed by atoms with Gasteiger partial charge < -0.3 is 15.0 Å². The molecule has 3 aromatic rings. The van der Waals surface area contributed by atoms with Crippen molar-refractivity contribution in [1.82, 2.24) is 4.90 Å². The number of fused-ring (bicyclic) bond motifs is 2. The summed E-state index contributed by atoms with van der Waals surface area (Å²) in [7, 11) is 1.61. The molecule has 162 valence electrons. The molecule has 5 rings (SSSR count). The molecular weight excluding hydrogens is 422 g/mol. The molecule has 0 saturated carbocycles. The van der Waals surface area contributed by atoms with E-state index in [0.717, 1.165) is 16.8 Å². The minimum absolute atomic E-state index is 0.102. The van der Waals surface area contributed by atoms with Gasteiger partial charge in [-0.1, -0.05) is 48.5 Å². The fourth-order valence-electron chi connectivity index (χ4n) is 4.36. The number of urea groups is 1. The number of para-hydroxylation sites is 1. The SMILES string of the molecule is COc1ccc2c(c1)[C@@]1(SCCN1C(=O)Nc1ccccc1)C(=O)N2Cc1ccccc1. The highest BCUT2D eigenvalue weighted by Gasteiger charge is 2.59. The average Bonchev–Trinajstić information content (AvgIpc) is 3.37. The number of nitrogens with one attached hydrogen (secondary N) is 1. The number of benzene rings is 3. The Morgan fingerprint density at radius 1 is 1.06 bits per heavy atom. The highest BCUT2D eigenvalue weighted by atomic mass is 32.2. The smallest absolute Gasteiger partial charge is 0.323 e. The van der Waals surface area contributed by atoms with E-state index in [9.17, 15) is 9.59 Å². The van der Waals surface area contributed by atoms with Gasteiger partial charge in [-0.3, -0.25) is 9.69 Å². The van der Waals surface area contributed by atoms with E-state index in [0.29, 0.717) is 30.3 Å². The van der Waals surface area contributed by atoms with Crippen LogP contribution in [0.4, 0.5) is 16.2 Å². The summed E-state index contributed by atoms with van der Waals surface area (Å²) in [6.07, 6.45) is 0. The van der Waals surface area contributed by atoms with Gasteiger partial charge in [0.15, 0.2) is 4.87 Å². The van der Waals surface area contributed by atoms with E-state index in [1.807, 2.05) is 78.9 Å². The van der Waals surface area contributed by atoms with E-state index in [4.69, 9.17) is 4.74 Å². The van der Waals surface area contributed by atoms with Crippen molar-refractivity contribution in [2.24, 2.45) is 0 Å². The number of carbonyl (C=O) groups excluding carboxylic acids is 2. The molecule has 0 bridgehead atoms. The maximum absolute atomic E-state index is 14.0. The topological polar surface area (TPSA) is 61.9 Å². The molecule has 7 heteroatoms. The first-order valence-electron chi connectivity index (χ1n) is 10.5. The summed E-state index contributed by atoms with van der Waals surface area (Å²) in [6.45, 7) is 0.917. The van der Waals surface area contributed by atoms with Gasteiger partial charge in [0.2, 0.25) is 0 Å². The van der Waals surface area contributed by atoms with E-state index in [1.165, 1.54) is 11.8 Å². The largest absolute Gasteiger partial charge is 0.497 e. The molecule has 1 fully saturated rings. The van der Waals surface area contributed by atoms with Crippen LogP contribution in [-0.4, -0.2) is 36.2 Å². The number of methoxy groups -OCH3 is 1. The number of thioether (sulfide) groups is 1. The van der Waals surface area contributed by atoms with Crippen LogP contribution in [0.5, 0.6) is 5.75 Å². The third kappa shape index (κ3) is 3.29. The maximum Gasteiger partial charge on any atom is 0.323 e. The third-order valence-electron chi connectivity index (χ3n) is 5.85. The molecule has 0 aliphatic carbocycles. The van der Waals surface area contributed by atoms with Crippen molar-refractivity contribution in [2.75, 3.05) is 29.6 Å². The van der Waals surface area contributed by atoms with Gasteiger partial charge in [-0.15, -0.1) is 11.8 Å². The Bertz CT molecular complexity index is 1160. The van der Waals surface area contributed by atoms with E-state index >= 15 is 0 Å². The first kappa shape index (κ1) is 20.5. The molecule has 1 saturated heterocycles. The zero-order chi connectivity index (χ0) is 22.1. The molecule has 2 heterocycles. The van der Waals surface area contributed by atoms with Crippen molar-refractivity contribution in [1.29, 1.82) is 0 Å². The van der Waals surface area contributed by atoms with Gasteiger partial charge in [-0.05, 0) is 35.9 Å². The fourth-order valence-corrected chi connectivity index (χ4v) is 5.81. The Kier molecular flexibility index (Phi) is 5.27. The summed E-state index contributed by atoms with van der Waals surface area (Å²) >= 11 is 1.50. The van der Waals surface area contributed by atoms with Gasteiger partial charge in [0.25, 0.3) is 5.91 Å². The minimum Gasteiger partial charge on any atom is -0.497 e. The van der Waals surface area contributed by atoms with Crippen LogP contribution in [0.25, 0.3) is 0 Å². The van der Waals surface area contributed by atoms with Gasteiger partial charge in [0.05, 0.1) is 19.3 Å². The predicted octanol–water partition coefficient (Wildman–Crippen LogP) is 4.68. The summed E-state index contributed by atoms with van der Waals surface area (Å²) in [6, 6.07) is 24.6. The molecule has 1 spiro atoms. The molecule has 0 aromatic heterocycles. The predicted molar refractivity (Wildman–Crippen MR) is 127 cm³/mol. The first-order valence-corrected chi connectivity index (χ1v) is 11.4. The lowest BCUT2D eigenvalue weighted by atomic mass is 10.1. The van der Waals surface area contributed by atoms with Gasteiger partial charge in [0.1, 0.15) is 5.75 Å². The minimum atomic E-state index is -1.11. The van der Waals surface area contributed by atoms with Gasteiger partial charge >= 0.3 is 6.03 Å². The van der Waals surface area contributed by atoms with Crippen LogP contribution in [0.2, 0.25) is 0 Å². The molecule has 1 atom stereocenters. The van der Waals surface area contributed by atoms with Crippen molar-refractivity contribution in [3.8, 4) is 5.75 Å².